The van der Waals surface area contributed by atoms with E-state index in [1.807, 2.05) is 19.1 Å². The molecule has 2 aromatic heterocycles. The van der Waals surface area contributed by atoms with Crippen LogP contribution in [-0.2, 0) is 12.8 Å². The van der Waals surface area contributed by atoms with E-state index in [1.165, 1.54) is 0 Å². The lowest BCUT2D eigenvalue weighted by Crippen LogP contribution is -2.14. The zero-order valence-electron chi connectivity index (χ0n) is 9.04. The van der Waals surface area contributed by atoms with E-state index < -0.39 is 0 Å². The summed E-state index contributed by atoms with van der Waals surface area (Å²) in [6, 6.07) is 3.69. The molecule has 0 aromatic carbocycles. The second-order valence-corrected chi connectivity index (χ2v) is 4.10. The van der Waals surface area contributed by atoms with Gasteiger partial charge in [-0.15, -0.1) is 0 Å². The molecule has 4 heteroatoms. The van der Waals surface area contributed by atoms with Gasteiger partial charge in [-0.2, -0.15) is 0 Å². The number of aromatic amines is 1. The number of furan rings is 1. The SMILES string of the molecule is Cc1ccc(-c2nc3c(c(=O)[nH]2)CCC3)o1. The summed E-state index contributed by atoms with van der Waals surface area (Å²) in [6.45, 7) is 1.87. The van der Waals surface area contributed by atoms with Gasteiger partial charge in [0, 0.05) is 5.56 Å². The van der Waals surface area contributed by atoms with Crippen molar-refractivity contribution in [3.05, 3.63) is 39.5 Å². The molecule has 0 bridgehead atoms. The first-order chi connectivity index (χ1) is 7.74. The Morgan fingerprint density at radius 2 is 2.25 bits per heavy atom. The maximum atomic E-state index is 11.8. The standard InChI is InChI=1S/C12H12N2O2/c1-7-5-6-10(16-7)11-13-9-4-2-3-8(9)12(15)14-11/h5-6H,2-4H2,1H3,(H,13,14,15). The summed E-state index contributed by atoms with van der Waals surface area (Å²) in [7, 11) is 0. The predicted octanol–water partition coefficient (Wildman–Crippen LogP) is 1.83. The lowest BCUT2D eigenvalue weighted by Gasteiger charge is -2.00. The van der Waals surface area contributed by atoms with Crippen LogP contribution >= 0.6 is 0 Å². The van der Waals surface area contributed by atoms with Crippen molar-refractivity contribution < 1.29 is 4.42 Å². The fraction of sp³-hybridized carbons (Fsp3) is 0.333. The first-order valence-electron chi connectivity index (χ1n) is 5.43. The number of hydrogen-bond acceptors (Lipinski definition) is 3. The molecule has 1 N–H and O–H groups in total. The summed E-state index contributed by atoms with van der Waals surface area (Å²) >= 11 is 0. The Balaban J connectivity index is 2.16. The Bertz CT molecular complexity index is 595. The van der Waals surface area contributed by atoms with E-state index in [2.05, 4.69) is 9.97 Å². The van der Waals surface area contributed by atoms with Crippen LogP contribution in [0.15, 0.2) is 21.3 Å². The minimum atomic E-state index is -0.0217. The summed E-state index contributed by atoms with van der Waals surface area (Å²) < 4.78 is 5.45. The maximum Gasteiger partial charge on any atom is 0.254 e. The number of nitrogens with one attached hydrogen (secondary N) is 1. The average molecular weight is 216 g/mol. The molecule has 0 aliphatic heterocycles. The Hall–Kier alpha value is -1.84. The van der Waals surface area contributed by atoms with Gasteiger partial charge >= 0.3 is 0 Å². The largest absolute Gasteiger partial charge is 0.458 e. The van der Waals surface area contributed by atoms with Crippen molar-refractivity contribution in [3.63, 3.8) is 0 Å². The van der Waals surface area contributed by atoms with Gasteiger partial charge in [-0.1, -0.05) is 0 Å². The molecule has 16 heavy (non-hydrogen) atoms. The second-order valence-electron chi connectivity index (χ2n) is 4.10. The van der Waals surface area contributed by atoms with E-state index in [9.17, 15) is 4.79 Å². The van der Waals surface area contributed by atoms with Crippen molar-refractivity contribution in [1.82, 2.24) is 9.97 Å². The van der Waals surface area contributed by atoms with Crippen LogP contribution in [0.3, 0.4) is 0 Å². The van der Waals surface area contributed by atoms with E-state index in [1.54, 1.807) is 0 Å². The van der Waals surface area contributed by atoms with Crippen molar-refractivity contribution >= 4 is 0 Å². The van der Waals surface area contributed by atoms with Gasteiger partial charge in [-0.3, -0.25) is 4.79 Å². The second kappa shape index (κ2) is 3.33. The Morgan fingerprint density at radius 1 is 1.38 bits per heavy atom. The summed E-state index contributed by atoms with van der Waals surface area (Å²) in [5.41, 5.74) is 1.74. The summed E-state index contributed by atoms with van der Waals surface area (Å²) in [5, 5.41) is 0. The third kappa shape index (κ3) is 1.38. The molecule has 0 atom stereocenters. The average Bonchev–Trinajstić information content (AvgIpc) is 2.85. The van der Waals surface area contributed by atoms with Crippen molar-refractivity contribution in [2.75, 3.05) is 0 Å². The van der Waals surface area contributed by atoms with Crippen LogP contribution in [0.25, 0.3) is 11.6 Å². The molecule has 2 aromatic rings. The van der Waals surface area contributed by atoms with Gasteiger partial charge in [0.15, 0.2) is 11.6 Å². The van der Waals surface area contributed by atoms with Crippen LogP contribution < -0.4 is 5.56 Å². The molecule has 4 nitrogen and oxygen atoms in total. The topological polar surface area (TPSA) is 58.9 Å². The zero-order chi connectivity index (χ0) is 11.1. The highest BCUT2D eigenvalue weighted by Gasteiger charge is 2.18. The number of nitrogens with zero attached hydrogens (tertiary/aromatic N) is 1. The van der Waals surface area contributed by atoms with Crippen molar-refractivity contribution in [3.8, 4) is 11.6 Å². The number of fused-ring (bicyclic) bond motifs is 1. The fourth-order valence-corrected chi connectivity index (χ4v) is 2.12. The molecule has 0 fully saturated rings. The van der Waals surface area contributed by atoms with Crippen LogP contribution in [0.1, 0.15) is 23.4 Å². The molecule has 0 saturated carbocycles. The van der Waals surface area contributed by atoms with E-state index in [4.69, 9.17) is 4.42 Å². The van der Waals surface area contributed by atoms with Gasteiger partial charge < -0.3 is 9.40 Å². The number of H-pyrrole nitrogens is 1. The zero-order valence-corrected chi connectivity index (χ0v) is 9.04. The van der Waals surface area contributed by atoms with Gasteiger partial charge in [0.25, 0.3) is 5.56 Å². The van der Waals surface area contributed by atoms with Crippen molar-refractivity contribution in [2.24, 2.45) is 0 Å². The summed E-state index contributed by atoms with van der Waals surface area (Å²) in [5.74, 6) is 1.99. The summed E-state index contributed by atoms with van der Waals surface area (Å²) in [4.78, 5) is 19.0. The molecule has 0 saturated heterocycles. The van der Waals surface area contributed by atoms with E-state index in [0.29, 0.717) is 11.6 Å². The number of aryl methyl sites for hydroxylation is 2. The van der Waals surface area contributed by atoms with E-state index in [-0.39, 0.29) is 5.56 Å². The molecule has 82 valence electrons. The highest BCUT2D eigenvalue weighted by Crippen LogP contribution is 2.21. The lowest BCUT2D eigenvalue weighted by atomic mass is 10.2. The smallest absolute Gasteiger partial charge is 0.254 e. The van der Waals surface area contributed by atoms with Gasteiger partial charge in [0.05, 0.1) is 5.69 Å². The Morgan fingerprint density at radius 3 is 3.00 bits per heavy atom. The summed E-state index contributed by atoms with van der Waals surface area (Å²) in [6.07, 6.45) is 2.76. The van der Waals surface area contributed by atoms with Gasteiger partial charge in [-0.25, -0.2) is 4.98 Å². The molecule has 2 heterocycles. The molecule has 3 rings (SSSR count). The minimum absolute atomic E-state index is 0.0217. The van der Waals surface area contributed by atoms with Crippen LogP contribution in [0.4, 0.5) is 0 Å². The fourth-order valence-electron chi connectivity index (χ4n) is 2.12. The molecule has 0 radical (unpaired) electrons. The van der Waals surface area contributed by atoms with Crippen LogP contribution in [0.2, 0.25) is 0 Å². The number of aromatic nitrogens is 2. The van der Waals surface area contributed by atoms with Crippen molar-refractivity contribution in [1.29, 1.82) is 0 Å². The minimum Gasteiger partial charge on any atom is -0.458 e. The van der Waals surface area contributed by atoms with Gasteiger partial charge in [0.1, 0.15) is 5.76 Å². The number of hydrogen-bond donors (Lipinski definition) is 1. The Kier molecular flexibility index (Phi) is 1.96. The molecular formula is C12H12N2O2. The van der Waals surface area contributed by atoms with Crippen LogP contribution in [0.5, 0.6) is 0 Å². The van der Waals surface area contributed by atoms with Gasteiger partial charge in [-0.05, 0) is 38.3 Å². The maximum absolute atomic E-state index is 11.8. The third-order valence-electron chi connectivity index (χ3n) is 2.92. The lowest BCUT2D eigenvalue weighted by molar-refractivity contribution is 0.543. The molecule has 1 aliphatic rings. The van der Waals surface area contributed by atoms with E-state index >= 15 is 0 Å². The predicted molar refractivity (Wildman–Crippen MR) is 59.3 cm³/mol. The van der Waals surface area contributed by atoms with Crippen LogP contribution in [0, 0.1) is 6.92 Å². The first kappa shape index (κ1) is 9.39. The Labute approximate surface area is 92.3 Å². The highest BCUT2D eigenvalue weighted by molar-refractivity contribution is 5.48. The highest BCUT2D eigenvalue weighted by atomic mass is 16.3. The third-order valence-corrected chi connectivity index (χ3v) is 2.92. The van der Waals surface area contributed by atoms with Crippen LogP contribution in [-0.4, -0.2) is 9.97 Å². The molecule has 1 aliphatic carbocycles. The molecular weight excluding hydrogens is 204 g/mol. The molecule has 0 unspecified atom stereocenters. The van der Waals surface area contributed by atoms with Crippen molar-refractivity contribution in [2.45, 2.75) is 26.2 Å². The van der Waals surface area contributed by atoms with E-state index in [0.717, 1.165) is 36.3 Å². The molecule has 0 amide bonds. The molecule has 0 spiro atoms. The van der Waals surface area contributed by atoms with Gasteiger partial charge in [0.2, 0.25) is 0 Å². The monoisotopic (exact) mass is 216 g/mol. The number of rotatable bonds is 1. The normalized spacial score (nSPS) is 14.1. The quantitative estimate of drug-likeness (QED) is 0.791. The first-order valence-corrected chi connectivity index (χ1v) is 5.43.